The Labute approximate surface area is 195 Å². The molecule has 0 radical (unpaired) electrons. The third-order valence-electron chi connectivity index (χ3n) is 6.66. The van der Waals surface area contributed by atoms with Crippen LogP contribution in [0.5, 0.6) is 0 Å². The maximum absolute atomic E-state index is 13.6. The van der Waals surface area contributed by atoms with Crippen molar-refractivity contribution in [3.63, 3.8) is 0 Å². The third kappa shape index (κ3) is 3.42. The van der Waals surface area contributed by atoms with Crippen molar-refractivity contribution in [1.29, 1.82) is 0 Å². The molecule has 0 unspecified atom stereocenters. The number of aromatic nitrogens is 5. The first-order valence-corrected chi connectivity index (χ1v) is 11.6. The van der Waals surface area contributed by atoms with Gasteiger partial charge in [0.05, 0.1) is 12.3 Å². The molecule has 0 bridgehead atoms. The molecule has 5 heterocycles. The summed E-state index contributed by atoms with van der Waals surface area (Å²) in [6.07, 6.45) is 9.72. The average Bonchev–Trinajstić information content (AvgIpc) is 3.47. The molecule has 0 saturated carbocycles. The summed E-state index contributed by atoms with van der Waals surface area (Å²) in [6, 6.07) is 9.99. The second-order valence-corrected chi connectivity index (χ2v) is 8.83. The van der Waals surface area contributed by atoms with Crippen molar-refractivity contribution in [2.24, 2.45) is 7.05 Å². The van der Waals surface area contributed by atoms with Gasteiger partial charge in [-0.1, -0.05) is 19.1 Å². The van der Waals surface area contributed by atoms with E-state index >= 15 is 0 Å². The van der Waals surface area contributed by atoms with Crippen LogP contribution in [0.2, 0.25) is 0 Å². The van der Waals surface area contributed by atoms with Crippen LogP contribution in [0.4, 0.5) is 0 Å². The first kappa shape index (κ1) is 20.8. The Hall–Kier alpha value is -3.78. The molecule has 8 nitrogen and oxygen atoms in total. The molecule has 172 valence electrons. The fraction of sp³-hybridized carbons (Fsp3) is 0.308. The number of fused-ring (bicyclic) bond motifs is 3. The van der Waals surface area contributed by atoms with Gasteiger partial charge in [0.25, 0.3) is 0 Å². The standard InChI is InChI=1S/C26H25N5O3/c1-3-20-12-19(8-10-33-20)31-24-21-11-16(17-5-4-9-27-13-17)6-7-22(21)34-25(24)23(29-26(31)32)18-14-28-30(2)15-18/h4-7,9,11,13-15,19-20H,3,8,10,12H2,1-2H3/t19-,20-/m0/s1. The van der Waals surface area contributed by atoms with Crippen molar-refractivity contribution < 1.29 is 9.15 Å². The fourth-order valence-electron chi connectivity index (χ4n) is 4.95. The SMILES string of the molecule is CC[C@H]1C[C@@H](n2c(=O)nc(-c3cnn(C)c3)c3oc4ccc(-c5cccnc5)cc4c32)CCO1. The summed E-state index contributed by atoms with van der Waals surface area (Å²) in [5, 5.41) is 5.16. The van der Waals surface area contributed by atoms with Gasteiger partial charge in [-0.3, -0.25) is 14.2 Å². The van der Waals surface area contributed by atoms with Crippen molar-refractivity contribution in [3.8, 4) is 22.4 Å². The molecule has 1 aliphatic heterocycles. The van der Waals surface area contributed by atoms with Gasteiger partial charge >= 0.3 is 5.69 Å². The van der Waals surface area contributed by atoms with Crippen LogP contribution >= 0.6 is 0 Å². The van der Waals surface area contributed by atoms with Crippen LogP contribution in [0.15, 0.2) is 64.3 Å². The summed E-state index contributed by atoms with van der Waals surface area (Å²) in [5.74, 6) is 0. The van der Waals surface area contributed by atoms with E-state index in [0.717, 1.165) is 46.9 Å². The maximum Gasteiger partial charge on any atom is 0.349 e. The molecule has 1 aliphatic rings. The summed E-state index contributed by atoms with van der Waals surface area (Å²) in [7, 11) is 1.84. The van der Waals surface area contributed by atoms with Crippen LogP contribution in [0.1, 0.15) is 32.2 Å². The van der Waals surface area contributed by atoms with E-state index in [0.29, 0.717) is 23.5 Å². The number of ether oxygens (including phenoxy) is 1. The molecule has 1 saturated heterocycles. The average molecular weight is 456 g/mol. The second kappa shape index (κ2) is 8.22. The van der Waals surface area contributed by atoms with E-state index in [2.05, 4.69) is 28.1 Å². The molecule has 6 rings (SSSR count). The van der Waals surface area contributed by atoms with Gasteiger partial charge in [-0.15, -0.1) is 0 Å². The Morgan fingerprint density at radius 2 is 2.06 bits per heavy atom. The Morgan fingerprint density at radius 1 is 1.15 bits per heavy atom. The Bertz CT molecular complexity index is 1550. The number of nitrogens with zero attached hydrogens (tertiary/aromatic N) is 5. The number of furan rings is 1. The lowest BCUT2D eigenvalue weighted by Crippen LogP contribution is -2.34. The highest BCUT2D eigenvalue weighted by atomic mass is 16.5. The quantitative estimate of drug-likeness (QED) is 0.389. The normalized spacial score (nSPS) is 18.6. The van der Waals surface area contributed by atoms with Crippen molar-refractivity contribution in [3.05, 3.63) is 65.6 Å². The molecule has 0 aliphatic carbocycles. The second-order valence-electron chi connectivity index (χ2n) is 8.83. The molecule has 0 amide bonds. The smallest absolute Gasteiger partial charge is 0.349 e. The van der Waals surface area contributed by atoms with Gasteiger partial charge in [-0.2, -0.15) is 10.1 Å². The van der Waals surface area contributed by atoms with Gasteiger partial charge in [-0.25, -0.2) is 4.79 Å². The highest BCUT2D eigenvalue weighted by Gasteiger charge is 2.28. The van der Waals surface area contributed by atoms with E-state index in [-0.39, 0.29) is 17.8 Å². The number of pyridine rings is 1. The van der Waals surface area contributed by atoms with Crippen molar-refractivity contribution in [2.45, 2.75) is 38.3 Å². The Balaban J connectivity index is 1.65. The summed E-state index contributed by atoms with van der Waals surface area (Å²) >= 11 is 0. The van der Waals surface area contributed by atoms with Crippen LogP contribution in [-0.4, -0.2) is 37.0 Å². The summed E-state index contributed by atoms with van der Waals surface area (Å²) in [4.78, 5) is 22.3. The zero-order chi connectivity index (χ0) is 23.2. The molecule has 4 aromatic heterocycles. The first-order valence-electron chi connectivity index (χ1n) is 11.6. The summed E-state index contributed by atoms with van der Waals surface area (Å²) in [6.45, 7) is 2.74. The molecule has 34 heavy (non-hydrogen) atoms. The largest absolute Gasteiger partial charge is 0.452 e. The van der Waals surface area contributed by atoms with E-state index in [4.69, 9.17) is 9.15 Å². The number of rotatable bonds is 4. The number of aryl methyl sites for hydroxylation is 1. The molecule has 1 fully saturated rings. The Kier molecular flexibility index (Phi) is 5.03. The molecular formula is C26H25N5O3. The highest BCUT2D eigenvalue weighted by Crippen LogP contribution is 2.38. The van der Waals surface area contributed by atoms with Crippen molar-refractivity contribution in [2.75, 3.05) is 6.61 Å². The molecule has 0 N–H and O–H groups in total. The van der Waals surface area contributed by atoms with Gasteiger partial charge in [0.2, 0.25) is 0 Å². The highest BCUT2D eigenvalue weighted by molar-refractivity contribution is 6.07. The van der Waals surface area contributed by atoms with Gasteiger partial charge in [0.15, 0.2) is 5.58 Å². The fourth-order valence-corrected chi connectivity index (χ4v) is 4.95. The lowest BCUT2D eigenvalue weighted by Gasteiger charge is -2.30. The van der Waals surface area contributed by atoms with E-state index in [9.17, 15) is 4.79 Å². The first-order chi connectivity index (χ1) is 16.6. The molecule has 1 aromatic carbocycles. The van der Waals surface area contributed by atoms with Gasteiger partial charge in [0, 0.05) is 54.8 Å². The Morgan fingerprint density at radius 3 is 2.82 bits per heavy atom. The van der Waals surface area contributed by atoms with Gasteiger partial charge in [-0.05, 0) is 43.0 Å². The van der Waals surface area contributed by atoms with Crippen LogP contribution in [0.25, 0.3) is 44.5 Å². The van der Waals surface area contributed by atoms with Crippen LogP contribution < -0.4 is 5.69 Å². The monoisotopic (exact) mass is 455 g/mol. The number of hydrogen-bond acceptors (Lipinski definition) is 6. The van der Waals surface area contributed by atoms with E-state index in [1.54, 1.807) is 17.1 Å². The van der Waals surface area contributed by atoms with E-state index < -0.39 is 0 Å². The lowest BCUT2D eigenvalue weighted by molar-refractivity contribution is -0.00709. The predicted octanol–water partition coefficient (Wildman–Crippen LogP) is 4.74. The van der Waals surface area contributed by atoms with E-state index in [1.165, 1.54) is 0 Å². The van der Waals surface area contributed by atoms with Crippen LogP contribution in [0, 0.1) is 0 Å². The summed E-state index contributed by atoms with van der Waals surface area (Å²) in [5.41, 5.74) is 5.11. The van der Waals surface area contributed by atoms with E-state index in [1.807, 2.05) is 48.3 Å². The number of hydrogen-bond donors (Lipinski definition) is 0. The number of benzene rings is 1. The van der Waals surface area contributed by atoms with Gasteiger partial charge in [0.1, 0.15) is 16.8 Å². The topological polar surface area (TPSA) is 88.0 Å². The van der Waals surface area contributed by atoms with Crippen molar-refractivity contribution in [1.82, 2.24) is 24.3 Å². The maximum atomic E-state index is 13.6. The summed E-state index contributed by atoms with van der Waals surface area (Å²) < 4.78 is 15.8. The molecule has 8 heteroatoms. The zero-order valence-corrected chi connectivity index (χ0v) is 19.1. The van der Waals surface area contributed by atoms with Crippen molar-refractivity contribution >= 4 is 22.1 Å². The van der Waals surface area contributed by atoms with Crippen LogP contribution in [0.3, 0.4) is 0 Å². The zero-order valence-electron chi connectivity index (χ0n) is 19.1. The molecule has 5 aromatic rings. The minimum absolute atomic E-state index is 0.00741. The third-order valence-corrected chi connectivity index (χ3v) is 6.66. The van der Waals surface area contributed by atoms with Crippen LogP contribution in [-0.2, 0) is 11.8 Å². The molecular weight excluding hydrogens is 430 g/mol. The minimum atomic E-state index is -0.275. The molecule has 2 atom stereocenters. The van der Waals surface area contributed by atoms with Gasteiger partial charge < -0.3 is 9.15 Å². The lowest BCUT2D eigenvalue weighted by atomic mass is 10.00. The minimum Gasteiger partial charge on any atom is -0.452 e. The predicted molar refractivity (Wildman–Crippen MR) is 130 cm³/mol. The molecule has 0 spiro atoms.